The van der Waals surface area contributed by atoms with Crippen LogP contribution in [0, 0.1) is 15.9 Å². The fourth-order valence-corrected chi connectivity index (χ4v) is 3.63. The Labute approximate surface area is 204 Å². The Kier molecular flexibility index (Phi) is 6.68. The highest BCUT2D eigenvalue weighted by molar-refractivity contribution is 6.02. The number of nitro benzene ring substituents is 1. The van der Waals surface area contributed by atoms with E-state index in [0.29, 0.717) is 5.56 Å². The van der Waals surface area contributed by atoms with E-state index in [1.165, 1.54) is 25.1 Å². The molecule has 0 atom stereocenters. The zero-order valence-electron chi connectivity index (χ0n) is 19.8. The predicted octanol–water partition coefficient (Wildman–Crippen LogP) is 4.52. The zero-order chi connectivity index (χ0) is 26.0. The number of ether oxygens (including phenoxy) is 2. The maximum absolute atomic E-state index is 14.1. The van der Waals surface area contributed by atoms with Crippen molar-refractivity contribution in [1.82, 2.24) is 14.7 Å². The van der Waals surface area contributed by atoms with Crippen LogP contribution in [-0.2, 0) is 4.74 Å². The molecule has 0 saturated heterocycles. The van der Waals surface area contributed by atoms with Crippen LogP contribution in [0.1, 0.15) is 24.2 Å². The van der Waals surface area contributed by atoms with Gasteiger partial charge < -0.3 is 19.6 Å². The monoisotopic (exact) mass is 495 g/mol. The quantitative estimate of drug-likeness (QED) is 0.213. The first kappa shape index (κ1) is 24.4. The number of carbonyl (C=O) groups excluding carboxylic acids is 1. The lowest BCUT2D eigenvalue weighted by Crippen LogP contribution is -2.14. The fraction of sp³-hybridized carbons (Fsp3) is 0.208. The molecule has 0 spiro atoms. The summed E-state index contributed by atoms with van der Waals surface area (Å²) < 4.78 is 26.1. The highest BCUT2D eigenvalue weighted by Crippen LogP contribution is 2.35. The Hall–Kier alpha value is -4.74. The van der Waals surface area contributed by atoms with E-state index in [9.17, 15) is 19.3 Å². The van der Waals surface area contributed by atoms with E-state index < -0.39 is 22.4 Å². The van der Waals surface area contributed by atoms with Gasteiger partial charge in [-0.1, -0.05) is 18.2 Å². The molecule has 12 heteroatoms. The molecule has 11 nitrogen and oxygen atoms in total. The Balaban J connectivity index is 1.88. The topological polar surface area (TPSA) is 131 Å². The third-order valence-corrected chi connectivity index (χ3v) is 5.19. The molecule has 0 bridgehead atoms. The van der Waals surface area contributed by atoms with E-state index in [1.807, 2.05) is 24.3 Å². The van der Waals surface area contributed by atoms with Gasteiger partial charge in [-0.25, -0.2) is 14.8 Å². The number of benzene rings is 2. The van der Waals surface area contributed by atoms with Crippen molar-refractivity contribution >= 4 is 34.2 Å². The Morgan fingerprint density at radius 3 is 2.64 bits per heavy atom. The number of aromatic nitrogens is 3. The maximum Gasteiger partial charge on any atom is 0.342 e. The van der Waals surface area contributed by atoms with Gasteiger partial charge in [-0.2, -0.15) is 9.12 Å². The number of hydrogen-bond acceptors (Lipinski definition) is 9. The summed E-state index contributed by atoms with van der Waals surface area (Å²) in [6.45, 7) is 3.44. The van der Waals surface area contributed by atoms with Gasteiger partial charge in [-0.15, -0.1) is 0 Å². The number of para-hydroxylation sites is 1. The maximum atomic E-state index is 14.1. The smallest absolute Gasteiger partial charge is 0.342 e. The second kappa shape index (κ2) is 9.86. The number of rotatable bonds is 8. The molecule has 0 aliphatic carbocycles. The average molecular weight is 495 g/mol. The van der Waals surface area contributed by atoms with Gasteiger partial charge in [0.15, 0.2) is 0 Å². The van der Waals surface area contributed by atoms with Gasteiger partial charge in [0.25, 0.3) is 0 Å². The summed E-state index contributed by atoms with van der Waals surface area (Å²) in [6.07, 6.45) is 2.58. The summed E-state index contributed by atoms with van der Waals surface area (Å²) in [6, 6.07) is 9.24. The number of nitro groups is 1. The Bertz CT molecular complexity index is 1470. The van der Waals surface area contributed by atoms with Crippen molar-refractivity contribution < 1.29 is 28.4 Å². The van der Waals surface area contributed by atoms with E-state index in [1.54, 1.807) is 20.0 Å². The number of hydrogen-bond donors (Lipinski definition) is 1. The van der Waals surface area contributed by atoms with Gasteiger partial charge in [-0.3, -0.25) is 10.1 Å². The van der Waals surface area contributed by atoms with E-state index in [-0.39, 0.29) is 34.7 Å². The van der Waals surface area contributed by atoms with Crippen LogP contribution < -0.4 is 14.9 Å². The van der Waals surface area contributed by atoms with Gasteiger partial charge >= 0.3 is 11.7 Å². The van der Waals surface area contributed by atoms with Crippen LogP contribution in [0.25, 0.3) is 22.2 Å². The molecule has 2 heterocycles. The SMILES string of the molecule is COc1cc(F)c([N+](=O)[O-])cc1Nc1ncc(C(=O)OC(C)C)c(-c2cn(OC)c3ccccc23)n1. The van der Waals surface area contributed by atoms with E-state index >= 15 is 0 Å². The molecule has 0 aliphatic rings. The average Bonchev–Trinajstić information content (AvgIpc) is 3.23. The molecular formula is C24H22FN5O6. The summed E-state index contributed by atoms with van der Waals surface area (Å²) in [5, 5.41) is 14.8. The molecule has 1 N–H and O–H groups in total. The van der Waals surface area contributed by atoms with Crippen molar-refractivity contribution in [3.63, 3.8) is 0 Å². The Morgan fingerprint density at radius 2 is 1.97 bits per heavy atom. The second-order valence-electron chi connectivity index (χ2n) is 7.86. The van der Waals surface area contributed by atoms with Crippen molar-refractivity contribution in [2.24, 2.45) is 0 Å². The second-order valence-corrected chi connectivity index (χ2v) is 7.86. The van der Waals surface area contributed by atoms with Gasteiger partial charge in [-0.05, 0) is 19.9 Å². The molecule has 0 saturated carbocycles. The summed E-state index contributed by atoms with van der Waals surface area (Å²) in [5.41, 5.74) is 0.950. The summed E-state index contributed by atoms with van der Waals surface area (Å²) in [7, 11) is 2.80. The molecule has 36 heavy (non-hydrogen) atoms. The van der Waals surface area contributed by atoms with Crippen LogP contribution in [-0.4, -0.2) is 45.9 Å². The molecule has 4 rings (SSSR count). The first-order valence-corrected chi connectivity index (χ1v) is 10.7. The normalized spacial score (nSPS) is 10.9. The minimum atomic E-state index is -1.05. The predicted molar refractivity (Wildman–Crippen MR) is 129 cm³/mol. The number of fused-ring (bicyclic) bond motifs is 1. The minimum Gasteiger partial charge on any atom is -0.494 e. The molecule has 0 unspecified atom stereocenters. The lowest BCUT2D eigenvalue weighted by molar-refractivity contribution is -0.387. The van der Waals surface area contributed by atoms with Crippen LogP contribution in [0.15, 0.2) is 48.8 Å². The molecule has 186 valence electrons. The molecule has 4 aromatic rings. The Morgan fingerprint density at radius 1 is 1.22 bits per heavy atom. The molecule has 2 aromatic heterocycles. The highest BCUT2D eigenvalue weighted by Gasteiger charge is 2.24. The summed E-state index contributed by atoms with van der Waals surface area (Å²) in [5.74, 6) is -1.69. The number of anilines is 2. The van der Waals surface area contributed by atoms with Crippen LogP contribution in [0.2, 0.25) is 0 Å². The molecule has 0 radical (unpaired) electrons. The van der Waals surface area contributed by atoms with Crippen molar-refractivity contribution in [2.75, 3.05) is 19.5 Å². The van der Waals surface area contributed by atoms with Crippen LogP contribution >= 0.6 is 0 Å². The number of halogens is 1. The summed E-state index contributed by atoms with van der Waals surface area (Å²) >= 11 is 0. The minimum absolute atomic E-state index is 0.00234. The number of nitrogens with one attached hydrogen (secondary N) is 1. The number of carbonyl (C=O) groups is 1. The van der Waals surface area contributed by atoms with E-state index in [0.717, 1.165) is 23.0 Å². The fourth-order valence-electron chi connectivity index (χ4n) is 3.63. The first-order chi connectivity index (χ1) is 17.2. The zero-order valence-corrected chi connectivity index (χ0v) is 19.8. The number of nitrogens with zero attached hydrogens (tertiary/aromatic N) is 4. The largest absolute Gasteiger partial charge is 0.494 e. The van der Waals surface area contributed by atoms with Gasteiger partial charge in [0.2, 0.25) is 11.8 Å². The number of methoxy groups -OCH3 is 1. The molecule has 2 aromatic carbocycles. The van der Waals surface area contributed by atoms with Gasteiger partial charge in [0, 0.05) is 29.3 Å². The van der Waals surface area contributed by atoms with E-state index in [4.69, 9.17) is 14.3 Å². The van der Waals surface area contributed by atoms with Crippen molar-refractivity contribution in [1.29, 1.82) is 0 Å². The molecule has 0 aliphatic heterocycles. The molecule has 0 amide bonds. The lowest BCUT2D eigenvalue weighted by Gasteiger charge is -2.14. The van der Waals surface area contributed by atoms with Crippen LogP contribution in [0.3, 0.4) is 0 Å². The highest BCUT2D eigenvalue weighted by atomic mass is 19.1. The molecular weight excluding hydrogens is 473 g/mol. The molecule has 0 fully saturated rings. The van der Waals surface area contributed by atoms with Crippen LogP contribution in [0.4, 0.5) is 21.7 Å². The van der Waals surface area contributed by atoms with Crippen molar-refractivity contribution in [3.8, 4) is 17.0 Å². The standard InChI is InChI=1S/C24H22FN5O6/c1-13(2)36-23(31)15-11-26-24(27-18-10-20(30(32)33)17(25)9-21(18)34-3)28-22(15)16-12-29(35-4)19-8-6-5-7-14(16)19/h5-13H,1-4H3,(H,26,27,28). The van der Waals surface area contributed by atoms with Crippen LogP contribution in [0.5, 0.6) is 5.75 Å². The first-order valence-electron chi connectivity index (χ1n) is 10.7. The third-order valence-electron chi connectivity index (χ3n) is 5.19. The number of esters is 1. The van der Waals surface area contributed by atoms with E-state index in [2.05, 4.69) is 15.3 Å². The van der Waals surface area contributed by atoms with Gasteiger partial charge in [0.1, 0.15) is 18.4 Å². The van der Waals surface area contributed by atoms with Crippen molar-refractivity contribution in [2.45, 2.75) is 20.0 Å². The third kappa shape index (κ3) is 4.60. The van der Waals surface area contributed by atoms with Gasteiger partial charge in [0.05, 0.1) is 41.2 Å². The van der Waals surface area contributed by atoms with Crippen molar-refractivity contribution in [3.05, 3.63) is 70.3 Å². The lowest BCUT2D eigenvalue weighted by atomic mass is 10.1. The summed E-state index contributed by atoms with van der Waals surface area (Å²) in [4.78, 5) is 37.4.